The lowest BCUT2D eigenvalue weighted by Crippen LogP contribution is -2.37. The Kier molecular flexibility index (Phi) is 42.3. The molecule has 0 radical (unpaired) electrons. The van der Waals surface area contributed by atoms with E-state index in [-0.39, 0.29) is 25.8 Å². The fourth-order valence-corrected chi connectivity index (χ4v) is 7.92. The van der Waals surface area contributed by atoms with Gasteiger partial charge >= 0.3 is 5.97 Å². The summed E-state index contributed by atoms with van der Waals surface area (Å²) in [5.41, 5.74) is 0. The maximum atomic E-state index is 12.7. The summed E-state index contributed by atoms with van der Waals surface area (Å²) in [6.45, 7) is 5.43. The normalized spacial score (nSPS) is 13.7. The molecule has 0 heterocycles. The van der Waals surface area contributed by atoms with Crippen molar-refractivity contribution in [2.45, 2.75) is 245 Å². The molecule has 0 aromatic carbocycles. The highest BCUT2D eigenvalue weighted by atomic mass is 31.2. The third-order valence-electron chi connectivity index (χ3n) is 11.1. The van der Waals surface area contributed by atoms with Crippen LogP contribution in [-0.2, 0) is 27.9 Å². The Labute approximate surface area is 360 Å². The number of hydrogen-bond donors (Lipinski definition) is 0. The average molecular weight is 844 g/mol. The summed E-state index contributed by atoms with van der Waals surface area (Å²) in [7, 11) is 1.37. The van der Waals surface area contributed by atoms with Crippen molar-refractivity contribution in [3.05, 3.63) is 12.2 Å². The van der Waals surface area contributed by atoms with E-state index in [4.69, 9.17) is 18.5 Å². The van der Waals surface area contributed by atoms with Crippen LogP contribution in [0.25, 0.3) is 0 Å². The summed E-state index contributed by atoms with van der Waals surface area (Å²) in [6.07, 6.45) is 48.1. The van der Waals surface area contributed by atoms with Crippen LogP contribution in [0.1, 0.15) is 239 Å². The lowest BCUT2D eigenvalue weighted by molar-refractivity contribution is -0.870. The molecular formula is C49H98NO7P. The van der Waals surface area contributed by atoms with Gasteiger partial charge in [0, 0.05) is 13.0 Å². The van der Waals surface area contributed by atoms with Crippen LogP contribution in [0.3, 0.4) is 0 Å². The number of rotatable bonds is 47. The number of quaternary nitrogens is 1. The standard InChI is InChI=1S/C49H98NO7P/c1-6-8-10-12-14-16-18-20-21-22-23-24-25-26-27-28-29-30-32-34-36-38-40-42-49(51)57-48(47-56-58(52,53)55-45-43-50(3,4)5)46-54-44-41-39-37-35-33-31-19-17-15-13-11-9-7-2/h15,17,48H,6-14,16,18-47H2,1-5H3/b17-15-. The second-order valence-electron chi connectivity index (χ2n) is 18.2. The molecule has 0 spiro atoms. The third kappa shape index (κ3) is 46.3. The van der Waals surface area contributed by atoms with E-state index >= 15 is 0 Å². The summed E-state index contributed by atoms with van der Waals surface area (Å²) in [6, 6.07) is 0. The van der Waals surface area contributed by atoms with Gasteiger partial charge in [-0.25, -0.2) is 0 Å². The molecule has 0 amide bonds. The zero-order chi connectivity index (χ0) is 42.7. The first-order chi connectivity index (χ1) is 28.1. The number of ether oxygens (including phenoxy) is 2. The van der Waals surface area contributed by atoms with Crippen LogP contribution in [0.2, 0.25) is 0 Å². The Morgan fingerprint density at radius 1 is 0.517 bits per heavy atom. The van der Waals surface area contributed by atoms with Gasteiger partial charge in [-0.05, 0) is 38.5 Å². The first-order valence-corrected chi connectivity index (χ1v) is 26.4. The number of unbranched alkanes of at least 4 members (excludes halogenated alkanes) is 31. The van der Waals surface area contributed by atoms with E-state index in [2.05, 4.69) is 26.0 Å². The van der Waals surface area contributed by atoms with Crippen LogP contribution < -0.4 is 4.89 Å². The first kappa shape index (κ1) is 57.2. The fraction of sp³-hybridized carbons (Fsp3) is 0.939. The van der Waals surface area contributed by atoms with Crippen molar-refractivity contribution in [3.63, 3.8) is 0 Å². The Morgan fingerprint density at radius 2 is 0.897 bits per heavy atom. The highest BCUT2D eigenvalue weighted by Gasteiger charge is 2.20. The van der Waals surface area contributed by atoms with Gasteiger partial charge in [-0.15, -0.1) is 0 Å². The van der Waals surface area contributed by atoms with Gasteiger partial charge in [0.2, 0.25) is 0 Å². The van der Waals surface area contributed by atoms with Crippen molar-refractivity contribution in [3.8, 4) is 0 Å². The zero-order valence-corrected chi connectivity index (χ0v) is 40.2. The minimum absolute atomic E-state index is 0.0283. The van der Waals surface area contributed by atoms with Crippen molar-refractivity contribution in [2.75, 3.05) is 54.1 Å². The van der Waals surface area contributed by atoms with Gasteiger partial charge < -0.3 is 27.9 Å². The van der Waals surface area contributed by atoms with Gasteiger partial charge in [0.25, 0.3) is 7.82 Å². The highest BCUT2D eigenvalue weighted by molar-refractivity contribution is 7.45. The molecule has 0 aliphatic heterocycles. The lowest BCUT2D eigenvalue weighted by Gasteiger charge is -2.28. The number of allylic oxidation sites excluding steroid dienone is 2. The molecule has 9 heteroatoms. The lowest BCUT2D eigenvalue weighted by atomic mass is 10.0. The van der Waals surface area contributed by atoms with E-state index in [1.807, 2.05) is 21.1 Å². The minimum Gasteiger partial charge on any atom is -0.756 e. The number of phosphoric ester groups is 1. The van der Waals surface area contributed by atoms with E-state index in [1.165, 1.54) is 186 Å². The zero-order valence-electron chi connectivity index (χ0n) is 39.3. The van der Waals surface area contributed by atoms with Crippen LogP contribution in [0, 0.1) is 0 Å². The molecule has 0 aliphatic rings. The second kappa shape index (κ2) is 42.9. The van der Waals surface area contributed by atoms with Crippen LogP contribution in [0.4, 0.5) is 0 Å². The minimum atomic E-state index is -4.52. The number of nitrogens with zero attached hydrogens (tertiary/aromatic N) is 1. The van der Waals surface area contributed by atoms with Gasteiger partial charge in [0.15, 0.2) is 0 Å². The maximum Gasteiger partial charge on any atom is 0.306 e. The topological polar surface area (TPSA) is 94.1 Å². The number of carbonyl (C=O) groups excluding carboxylic acids is 1. The van der Waals surface area contributed by atoms with E-state index in [9.17, 15) is 14.3 Å². The number of phosphoric acid groups is 1. The van der Waals surface area contributed by atoms with Crippen molar-refractivity contribution < 1.29 is 37.3 Å². The average Bonchev–Trinajstić information content (AvgIpc) is 3.18. The van der Waals surface area contributed by atoms with E-state index in [1.54, 1.807) is 0 Å². The molecular weight excluding hydrogens is 746 g/mol. The van der Waals surface area contributed by atoms with Crippen LogP contribution in [-0.4, -0.2) is 70.7 Å². The number of hydrogen-bond acceptors (Lipinski definition) is 7. The largest absolute Gasteiger partial charge is 0.756 e. The monoisotopic (exact) mass is 844 g/mol. The SMILES string of the molecule is CCCCC/C=C\CCCCCCCCOCC(COP(=O)([O-])OCC[N+](C)(C)C)OC(=O)CCCCCCCCCCCCCCCCCCCCCCCCC. The smallest absolute Gasteiger partial charge is 0.306 e. The Hall–Kier alpha value is -0.760. The summed E-state index contributed by atoms with van der Waals surface area (Å²) in [5.74, 6) is -0.330. The molecule has 0 aromatic heterocycles. The van der Waals surface area contributed by atoms with Gasteiger partial charge in [-0.2, -0.15) is 0 Å². The molecule has 0 saturated heterocycles. The molecule has 2 atom stereocenters. The van der Waals surface area contributed by atoms with Crippen molar-refractivity contribution in [1.82, 2.24) is 0 Å². The predicted molar refractivity (Wildman–Crippen MR) is 245 cm³/mol. The molecule has 0 aliphatic carbocycles. The molecule has 0 N–H and O–H groups in total. The predicted octanol–water partition coefficient (Wildman–Crippen LogP) is 14.4. The van der Waals surface area contributed by atoms with E-state index in [0.29, 0.717) is 24.1 Å². The van der Waals surface area contributed by atoms with Crippen molar-refractivity contribution in [1.29, 1.82) is 0 Å². The molecule has 0 aromatic rings. The first-order valence-electron chi connectivity index (χ1n) is 24.9. The van der Waals surface area contributed by atoms with Crippen molar-refractivity contribution in [2.24, 2.45) is 0 Å². The Morgan fingerprint density at radius 3 is 1.34 bits per heavy atom. The Bertz CT molecular complexity index is 940. The Balaban J connectivity index is 4.06. The van der Waals surface area contributed by atoms with E-state index < -0.39 is 13.9 Å². The molecule has 2 unspecified atom stereocenters. The summed E-state index contributed by atoms with van der Waals surface area (Å²) in [5, 5.41) is 0. The van der Waals surface area contributed by atoms with Gasteiger partial charge in [0.1, 0.15) is 19.3 Å². The summed E-state index contributed by atoms with van der Waals surface area (Å²) < 4.78 is 34.7. The maximum absolute atomic E-state index is 12.7. The second-order valence-corrected chi connectivity index (χ2v) is 19.6. The molecule has 0 rings (SSSR count). The van der Waals surface area contributed by atoms with Crippen LogP contribution in [0.5, 0.6) is 0 Å². The molecule has 346 valence electrons. The number of esters is 1. The molecule has 0 bridgehead atoms. The third-order valence-corrected chi connectivity index (χ3v) is 12.0. The van der Waals surface area contributed by atoms with Crippen molar-refractivity contribution >= 4 is 13.8 Å². The van der Waals surface area contributed by atoms with Crippen LogP contribution in [0.15, 0.2) is 12.2 Å². The van der Waals surface area contributed by atoms with Gasteiger partial charge in [-0.3, -0.25) is 9.36 Å². The molecule has 8 nitrogen and oxygen atoms in total. The molecule has 58 heavy (non-hydrogen) atoms. The van der Waals surface area contributed by atoms with Gasteiger partial charge in [0.05, 0.1) is 34.4 Å². The van der Waals surface area contributed by atoms with E-state index in [0.717, 1.165) is 32.1 Å². The summed E-state index contributed by atoms with van der Waals surface area (Å²) in [4.78, 5) is 25.1. The summed E-state index contributed by atoms with van der Waals surface area (Å²) >= 11 is 0. The number of carbonyl (C=O) groups is 1. The molecule has 0 fully saturated rings. The van der Waals surface area contributed by atoms with Gasteiger partial charge in [-0.1, -0.05) is 206 Å². The molecule has 0 saturated carbocycles. The quantitative estimate of drug-likeness (QED) is 0.0198. The number of likely N-dealkylation sites (N-methyl/N-ethyl adjacent to an activating group) is 1. The fourth-order valence-electron chi connectivity index (χ4n) is 7.19. The van der Waals surface area contributed by atoms with Crippen LogP contribution >= 0.6 is 7.82 Å². The highest BCUT2D eigenvalue weighted by Crippen LogP contribution is 2.38.